The Labute approximate surface area is 174 Å². The van der Waals surface area contributed by atoms with E-state index in [-0.39, 0.29) is 23.8 Å². The number of hydrogen-bond acceptors (Lipinski definition) is 5. The molecule has 0 atom stereocenters. The number of benzene rings is 3. The van der Waals surface area contributed by atoms with Crippen molar-refractivity contribution in [3.05, 3.63) is 89.5 Å². The third-order valence-electron chi connectivity index (χ3n) is 4.11. The molecular formula is C23H21N3O4. The minimum Gasteiger partial charge on any atom is -0.507 e. The molecule has 2 amide bonds. The standard InChI is InChI=1S/C23H21N3O4/c1-16-6-10-18(11-7-16)25-22(28)15-30-19-12-8-17(9-13-19)14-24-26-23(29)20-4-2-3-5-21(20)27/h2-14,27H,15H2,1H3,(H,25,28)(H,26,29)/b24-14+. The van der Waals surface area contributed by atoms with Crippen LogP contribution in [0.1, 0.15) is 21.5 Å². The normalized spacial score (nSPS) is 10.6. The van der Waals surface area contributed by atoms with E-state index < -0.39 is 5.91 Å². The van der Waals surface area contributed by atoms with Crippen LogP contribution in [0, 0.1) is 6.92 Å². The summed E-state index contributed by atoms with van der Waals surface area (Å²) in [6.45, 7) is 1.86. The first kappa shape index (κ1) is 20.6. The summed E-state index contributed by atoms with van der Waals surface area (Å²) in [5.74, 6) is -0.345. The van der Waals surface area contributed by atoms with Crippen molar-refractivity contribution < 1.29 is 19.4 Å². The molecule has 0 saturated heterocycles. The van der Waals surface area contributed by atoms with Gasteiger partial charge >= 0.3 is 0 Å². The zero-order chi connectivity index (χ0) is 21.3. The van der Waals surface area contributed by atoms with Gasteiger partial charge in [-0.15, -0.1) is 0 Å². The zero-order valence-corrected chi connectivity index (χ0v) is 16.3. The average molecular weight is 403 g/mol. The molecule has 0 aromatic heterocycles. The van der Waals surface area contributed by atoms with Gasteiger partial charge in [-0.2, -0.15) is 5.10 Å². The lowest BCUT2D eigenvalue weighted by atomic mass is 10.2. The number of anilines is 1. The SMILES string of the molecule is Cc1ccc(NC(=O)COc2ccc(/C=N/NC(=O)c3ccccc3O)cc2)cc1. The number of para-hydroxylation sites is 1. The van der Waals surface area contributed by atoms with Crippen LogP contribution in [-0.2, 0) is 4.79 Å². The van der Waals surface area contributed by atoms with Gasteiger partial charge in [-0.05, 0) is 61.0 Å². The number of hydrogen-bond donors (Lipinski definition) is 3. The number of carbonyl (C=O) groups is 2. The first-order chi connectivity index (χ1) is 14.5. The van der Waals surface area contributed by atoms with E-state index in [4.69, 9.17) is 4.74 Å². The van der Waals surface area contributed by atoms with Crippen molar-refractivity contribution in [3.63, 3.8) is 0 Å². The van der Waals surface area contributed by atoms with Gasteiger partial charge in [-0.25, -0.2) is 5.43 Å². The van der Waals surface area contributed by atoms with Crippen molar-refractivity contribution in [1.82, 2.24) is 5.43 Å². The number of nitrogens with one attached hydrogen (secondary N) is 2. The molecular weight excluding hydrogens is 382 g/mol. The number of amides is 2. The molecule has 0 aliphatic rings. The maximum Gasteiger partial charge on any atom is 0.275 e. The second-order valence-electron chi connectivity index (χ2n) is 6.49. The van der Waals surface area contributed by atoms with Gasteiger partial charge in [0.05, 0.1) is 11.8 Å². The molecule has 0 fully saturated rings. The summed E-state index contributed by atoms with van der Waals surface area (Å²) in [6, 6.07) is 20.6. The fourth-order valence-corrected chi connectivity index (χ4v) is 2.52. The molecule has 0 unspecified atom stereocenters. The fraction of sp³-hybridized carbons (Fsp3) is 0.0870. The molecule has 3 aromatic rings. The summed E-state index contributed by atoms with van der Waals surface area (Å²) < 4.78 is 5.48. The molecule has 152 valence electrons. The molecule has 0 aliphatic carbocycles. The highest BCUT2D eigenvalue weighted by molar-refractivity contribution is 5.97. The van der Waals surface area contributed by atoms with Gasteiger partial charge in [-0.1, -0.05) is 29.8 Å². The van der Waals surface area contributed by atoms with Gasteiger partial charge in [-0.3, -0.25) is 9.59 Å². The molecule has 0 bridgehead atoms. The summed E-state index contributed by atoms with van der Waals surface area (Å²) in [4.78, 5) is 23.9. The lowest BCUT2D eigenvalue weighted by Crippen LogP contribution is -2.20. The highest BCUT2D eigenvalue weighted by Crippen LogP contribution is 2.15. The van der Waals surface area contributed by atoms with Crippen LogP contribution in [0.2, 0.25) is 0 Å². The number of aromatic hydroxyl groups is 1. The number of nitrogens with zero attached hydrogens (tertiary/aromatic N) is 1. The van der Waals surface area contributed by atoms with Gasteiger partial charge in [0.15, 0.2) is 6.61 Å². The Balaban J connectivity index is 1.47. The van der Waals surface area contributed by atoms with Crippen LogP contribution in [-0.4, -0.2) is 29.7 Å². The Morgan fingerprint density at radius 3 is 2.40 bits per heavy atom. The zero-order valence-electron chi connectivity index (χ0n) is 16.3. The fourth-order valence-electron chi connectivity index (χ4n) is 2.52. The van der Waals surface area contributed by atoms with Gasteiger partial charge in [0.1, 0.15) is 11.5 Å². The molecule has 7 nitrogen and oxygen atoms in total. The third-order valence-corrected chi connectivity index (χ3v) is 4.11. The van der Waals surface area contributed by atoms with E-state index in [0.717, 1.165) is 11.1 Å². The number of ether oxygens (including phenoxy) is 1. The van der Waals surface area contributed by atoms with Crippen molar-refractivity contribution in [2.24, 2.45) is 5.10 Å². The number of phenolic OH excluding ortho intramolecular Hbond substituents is 1. The van der Waals surface area contributed by atoms with Crippen LogP contribution < -0.4 is 15.5 Å². The van der Waals surface area contributed by atoms with E-state index in [1.165, 1.54) is 18.3 Å². The Kier molecular flexibility index (Phi) is 6.78. The molecule has 0 heterocycles. The predicted molar refractivity (Wildman–Crippen MR) is 115 cm³/mol. The molecule has 30 heavy (non-hydrogen) atoms. The van der Waals surface area contributed by atoms with Crippen LogP contribution in [0.5, 0.6) is 11.5 Å². The maximum atomic E-state index is 12.0. The first-order valence-corrected chi connectivity index (χ1v) is 9.22. The van der Waals surface area contributed by atoms with Crippen molar-refractivity contribution in [2.75, 3.05) is 11.9 Å². The van der Waals surface area contributed by atoms with E-state index >= 15 is 0 Å². The lowest BCUT2D eigenvalue weighted by molar-refractivity contribution is -0.118. The Morgan fingerprint density at radius 1 is 1.00 bits per heavy atom. The Morgan fingerprint density at radius 2 is 1.70 bits per heavy atom. The van der Waals surface area contributed by atoms with Crippen LogP contribution >= 0.6 is 0 Å². The van der Waals surface area contributed by atoms with E-state index in [2.05, 4.69) is 15.8 Å². The molecule has 0 spiro atoms. The molecule has 0 saturated carbocycles. The largest absolute Gasteiger partial charge is 0.507 e. The van der Waals surface area contributed by atoms with Crippen molar-refractivity contribution >= 4 is 23.7 Å². The highest BCUT2D eigenvalue weighted by atomic mass is 16.5. The number of carbonyl (C=O) groups excluding carboxylic acids is 2. The van der Waals surface area contributed by atoms with Gasteiger partial charge < -0.3 is 15.2 Å². The van der Waals surface area contributed by atoms with Gasteiger partial charge in [0.2, 0.25) is 0 Å². The van der Waals surface area contributed by atoms with Crippen molar-refractivity contribution in [3.8, 4) is 11.5 Å². The van der Waals surface area contributed by atoms with Gasteiger partial charge in [0, 0.05) is 5.69 Å². The van der Waals surface area contributed by atoms with Crippen LogP contribution in [0.25, 0.3) is 0 Å². The van der Waals surface area contributed by atoms with Crippen molar-refractivity contribution in [1.29, 1.82) is 0 Å². The van der Waals surface area contributed by atoms with Crippen LogP contribution in [0.4, 0.5) is 5.69 Å². The molecule has 0 radical (unpaired) electrons. The van der Waals surface area contributed by atoms with E-state index in [0.29, 0.717) is 11.4 Å². The van der Waals surface area contributed by atoms with E-state index in [1.807, 2.05) is 31.2 Å². The number of rotatable bonds is 7. The molecule has 3 rings (SSSR count). The minimum atomic E-state index is -0.510. The van der Waals surface area contributed by atoms with E-state index in [1.54, 1.807) is 36.4 Å². The minimum absolute atomic E-state index is 0.113. The molecule has 0 aliphatic heterocycles. The molecule has 7 heteroatoms. The highest BCUT2D eigenvalue weighted by Gasteiger charge is 2.08. The average Bonchev–Trinajstić information content (AvgIpc) is 2.75. The molecule has 3 N–H and O–H groups in total. The summed E-state index contributed by atoms with van der Waals surface area (Å²) in [5, 5.41) is 16.3. The third kappa shape index (κ3) is 5.93. The smallest absolute Gasteiger partial charge is 0.275 e. The van der Waals surface area contributed by atoms with Crippen LogP contribution in [0.3, 0.4) is 0 Å². The topological polar surface area (TPSA) is 100 Å². The summed E-state index contributed by atoms with van der Waals surface area (Å²) in [7, 11) is 0. The summed E-state index contributed by atoms with van der Waals surface area (Å²) >= 11 is 0. The first-order valence-electron chi connectivity index (χ1n) is 9.22. The van der Waals surface area contributed by atoms with E-state index in [9.17, 15) is 14.7 Å². The van der Waals surface area contributed by atoms with Crippen molar-refractivity contribution in [2.45, 2.75) is 6.92 Å². The van der Waals surface area contributed by atoms with Gasteiger partial charge in [0.25, 0.3) is 11.8 Å². The monoisotopic (exact) mass is 403 g/mol. The lowest BCUT2D eigenvalue weighted by Gasteiger charge is -2.08. The Hall–Kier alpha value is -4.13. The van der Waals surface area contributed by atoms with Crippen LogP contribution in [0.15, 0.2) is 77.9 Å². The second-order valence-corrected chi connectivity index (χ2v) is 6.49. The summed E-state index contributed by atoms with van der Waals surface area (Å²) in [6.07, 6.45) is 1.46. The quantitative estimate of drug-likeness (QED) is 0.415. The predicted octanol–water partition coefficient (Wildman–Crippen LogP) is 3.48. The number of phenols is 1. The maximum absolute atomic E-state index is 12.0. The second kappa shape index (κ2) is 9.88. The number of hydrazone groups is 1. The Bertz CT molecular complexity index is 1040. The molecule has 3 aromatic carbocycles. The number of aryl methyl sites for hydroxylation is 1. The summed E-state index contributed by atoms with van der Waals surface area (Å²) in [5.41, 5.74) is 5.05.